The lowest BCUT2D eigenvalue weighted by Gasteiger charge is -2.13. The summed E-state index contributed by atoms with van der Waals surface area (Å²) in [5, 5.41) is 3.20. The van der Waals surface area contributed by atoms with E-state index in [1.54, 1.807) is 6.20 Å². The molecule has 4 heteroatoms. The Bertz CT molecular complexity index is 315. The molecule has 4 nitrogen and oxygen atoms in total. The Morgan fingerprint density at radius 1 is 1.73 bits per heavy atom. The maximum atomic E-state index is 5.59. The molecule has 0 aliphatic carbocycles. The van der Waals surface area contributed by atoms with Gasteiger partial charge in [-0.3, -0.25) is 0 Å². The predicted molar refractivity (Wildman–Crippen MR) is 59.9 cm³/mol. The molecule has 1 aromatic heterocycles. The molecular formula is C11H17N3O. The SMILES string of the molecule is C=CCNc1nccn1CC1CCCO1. The Morgan fingerprint density at radius 2 is 2.67 bits per heavy atom. The second-order valence-electron chi connectivity index (χ2n) is 3.71. The van der Waals surface area contributed by atoms with Crippen LogP contribution in [0.4, 0.5) is 5.95 Å². The summed E-state index contributed by atoms with van der Waals surface area (Å²) in [6, 6.07) is 0. The van der Waals surface area contributed by atoms with Crippen molar-refractivity contribution in [2.75, 3.05) is 18.5 Å². The van der Waals surface area contributed by atoms with Gasteiger partial charge in [0.2, 0.25) is 5.95 Å². The molecule has 1 atom stereocenters. The third-order valence-corrected chi connectivity index (χ3v) is 2.54. The van der Waals surface area contributed by atoms with E-state index in [1.165, 1.54) is 6.42 Å². The number of aromatic nitrogens is 2. The zero-order valence-corrected chi connectivity index (χ0v) is 8.85. The summed E-state index contributed by atoms with van der Waals surface area (Å²) in [6.07, 6.45) is 8.29. The van der Waals surface area contributed by atoms with E-state index in [0.29, 0.717) is 6.10 Å². The number of nitrogens with zero attached hydrogens (tertiary/aromatic N) is 2. The number of rotatable bonds is 5. The molecule has 1 unspecified atom stereocenters. The molecule has 1 N–H and O–H groups in total. The molecule has 0 bridgehead atoms. The van der Waals surface area contributed by atoms with Gasteiger partial charge in [-0.1, -0.05) is 6.08 Å². The van der Waals surface area contributed by atoms with Crippen LogP contribution in [0.5, 0.6) is 0 Å². The molecule has 0 saturated carbocycles. The fraction of sp³-hybridized carbons (Fsp3) is 0.545. The van der Waals surface area contributed by atoms with Gasteiger partial charge in [0.25, 0.3) is 0 Å². The van der Waals surface area contributed by atoms with Crippen LogP contribution in [0.2, 0.25) is 0 Å². The Morgan fingerprint density at radius 3 is 3.40 bits per heavy atom. The van der Waals surface area contributed by atoms with Crippen LogP contribution in [0, 0.1) is 0 Å². The standard InChI is InChI=1S/C11H17N3O/c1-2-5-12-11-13-6-7-14(11)9-10-4-3-8-15-10/h2,6-7,10H,1,3-5,8-9H2,(H,12,13). The van der Waals surface area contributed by atoms with Crippen LogP contribution in [0.25, 0.3) is 0 Å². The molecule has 15 heavy (non-hydrogen) atoms. The number of imidazole rings is 1. The lowest BCUT2D eigenvalue weighted by atomic mass is 10.2. The zero-order chi connectivity index (χ0) is 10.5. The van der Waals surface area contributed by atoms with Gasteiger partial charge in [-0.25, -0.2) is 4.98 Å². The number of anilines is 1. The first kappa shape index (κ1) is 10.2. The van der Waals surface area contributed by atoms with Gasteiger partial charge in [-0.15, -0.1) is 6.58 Å². The van der Waals surface area contributed by atoms with Crippen molar-refractivity contribution in [3.05, 3.63) is 25.0 Å². The summed E-state index contributed by atoms with van der Waals surface area (Å²) in [6.45, 7) is 6.19. The van der Waals surface area contributed by atoms with E-state index in [-0.39, 0.29) is 0 Å². The van der Waals surface area contributed by atoms with Crippen molar-refractivity contribution in [1.29, 1.82) is 0 Å². The van der Waals surface area contributed by atoms with E-state index in [2.05, 4.69) is 21.4 Å². The first-order chi connectivity index (χ1) is 7.40. The van der Waals surface area contributed by atoms with Gasteiger partial charge in [-0.05, 0) is 12.8 Å². The van der Waals surface area contributed by atoms with Crippen LogP contribution in [0.1, 0.15) is 12.8 Å². The highest BCUT2D eigenvalue weighted by molar-refractivity contribution is 5.26. The van der Waals surface area contributed by atoms with Crippen molar-refractivity contribution in [2.45, 2.75) is 25.5 Å². The predicted octanol–water partition coefficient (Wildman–Crippen LogP) is 1.66. The van der Waals surface area contributed by atoms with Crippen LogP contribution in [-0.2, 0) is 11.3 Å². The minimum atomic E-state index is 0.350. The van der Waals surface area contributed by atoms with Crippen LogP contribution in [0.15, 0.2) is 25.0 Å². The van der Waals surface area contributed by atoms with Crippen LogP contribution >= 0.6 is 0 Å². The van der Waals surface area contributed by atoms with Gasteiger partial charge in [0.1, 0.15) is 0 Å². The molecule has 1 saturated heterocycles. The first-order valence-corrected chi connectivity index (χ1v) is 5.37. The Hall–Kier alpha value is -1.29. The Kier molecular flexibility index (Phi) is 3.40. The topological polar surface area (TPSA) is 39.1 Å². The van der Waals surface area contributed by atoms with E-state index in [1.807, 2.05) is 12.3 Å². The second-order valence-corrected chi connectivity index (χ2v) is 3.71. The molecule has 2 rings (SSSR count). The fourth-order valence-corrected chi connectivity index (χ4v) is 1.79. The highest BCUT2D eigenvalue weighted by Crippen LogP contribution is 2.16. The molecule has 0 spiro atoms. The third-order valence-electron chi connectivity index (χ3n) is 2.54. The maximum Gasteiger partial charge on any atom is 0.203 e. The van der Waals surface area contributed by atoms with Crippen LogP contribution in [0.3, 0.4) is 0 Å². The van der Waals surface area contributed by atoms with Crippen molar-refractivity contribution in [3.8, 4) is 0 Å². The smallest absolute Gasteiger partial charge is 0.203 e. The molecule has 1 fully saturated rings. The normalized spacial score (nSPS) is 20.4. The Labute approximate surface area is 90.0 Å². The summed E-state index contributed by atoms with van der Waals surface area (Å²) < 4.78 is 7.69. The molecule has 0 radical (unpaired) electrons. The monoisotopic (exact) mass is 207 g/mol. The van der Waals surface area contributed by atoms with Gasteiger partial charge >= 0.3 is 0 Å². The van der Waals surface area contributed by atoms with Crippen molar-refractivity contribution in [2.24, 2.45) is 0 Å². The molecule has 0 aromatic carbocycles. The second kappa shape index (κ2) is 4.98. The van der Waals surface area contributed by atoms with E-state index in [9.17, 15) is 0 Å². The number of hydrogen-bond donors (Lipinski definition) is 1. The number of nitrogens with one attached hydrogen (secondary N) is 1. The average molecular weight is 207 g/mol. The van der Waals surface area contributed by atoms with Crippen molar-refractivity contribution in [1.82, 2.24) is 9.55 Å². The first-order valence-electron chi connectivity index (χ1n) is 5.37. The maximum absolute atomic E-state index is 5.59. The summed E-state index contributed by atoms with van der Waals surface area (Å²) >= 11 is 0. The highest BCUT2D eigenvalue weighted by Gasteiger charge is 2.16. The average Bonchev–Trinajstić information content (AvgIpc) is 2.87. The van der Waals surface area contributed by atoms with Crippen molar-refractivity contribution < 1.29 is 4.74 Å². The van der Waals surface area contributed by atoms with Gasteiger partial charge < -0.3 is 14.6 Å². The minimum absolute atomic E-state index is 0.350. The lowest BCUT2D eigenvalue weighted by molar-refractivity contribution is 0.0974. The summed E-state index contributed by atoms with van der Waals surface area (Å²) in [5.41, 5.74) is 0. The van der Waals surface area contributed by atoms with Gasteiger partial charge in [-0.2, -0.15) is 0 Å². The van der Waals surface area contributed by atoms with E-state index in [4.69, 9.17) is 4.74 Å². The van der Waals surface area contributed by atoms with E-state index in [0.717, 1.165) is 32.1 Å². The quantitative estimate of drug-likeness (QED) is 0.746. The third kappa shape index (κ3) is 2.59. The fourth-order valence-electron chi connectivity index (χ4n) is 1.79. The van der Waals surface area contributed by atoms with E-state index >= 15 is 0 Å². The molecule has 1 aliphatic heterocycles. The van der Waals surface area contributed by atoms with Crippen molar-refractivity contribution in [3.63, 3.8) is 0 Å². The molecule has 0 amide bonds. The van der Waals surface area contributed by atoms with Gasteiger partial charge in [0.05, 0.1) is 12.6 Å². The molecule has 1 aromatic rings. The Balaban J connectivity index is 1.94. The zero-order valence-electron chi connectivity index (χ0n) is 8.85. The summed E-state index contributed by atoms with van der Waals surface area (Å²) in [4.78, 5) is 4.24. The number of ether oxygens (including phenoxy) is 1. The minimum Gasteiger partial charge on any atom is -0.376 e. The molecule has 2 heterocycles. The van der Waals surface area contributed by atoms with Gasteiger partial charge in [0.15, 0.2) is 0 Å². The lowest BCUT2D eigenvalue weighted by Crippen LogP contribution is -2.16. The van der Waals surface area contributed by atoms with Gasteiger partial charge in [0, 0.05) is 25.5 Å². The molecule has 82 valence electrons. The largest absolute Gasteiger partial charge is 0.376 e. The summed E-state index contributed by atoms with van der Waals surface area (Å²) in [7, 11) is 0. The van der Waals surface area contributed by atoms with Crippen LogP contribution in [-0.4, -0.2) is 28.8 Å². The van der Waals surface area contributed by atoms with Crippen LogP contribution < -0.4 is 5.32 Å². The van der Waals surface area contributed by atoms with E-state index < -0.39 is 0 Å². The number of hydrogen-bond acceptors (Lipinski definition) is 3. The molecular weight excluding hydrogens is 190 g/mol. The van der Waals surface area contributed by atoms with Crippen molar-refractivity contribution >= 4 is 5.95 Å². The highest BCUT2D eigenvalue weighted by atomic mass is 16.5. The molecule has 1 aliphatic rings. The summed E-state index contributed by atoms with van der Waals surface area (Å²) in [5.74, 6) is 0.894.